The number of likely N-dealkylation sites (tertiary alicyclic amines) is 1. The number of carbonyl (C=O) groups excluding carboxylic acids is 5. The van der Waals surface area contributed by atoms with Gasteiger partial charge in [0.15, 0.2) is 0 Å². The summed E-state index contributed by atoms with van der Waals surface area (Å²) in [6.07, 6.45) is 1.71. The number of likely N-dealkylation sites (N-methyl/N-ethyl adjacent to an activating group) is 1. The summed E-state index contributed by atoms with van der Waals surface area (Å²) >= 11 is 1.11. The quantitative estimate of drug-likeness (QED) is 0.201. The lowest BCUT2D eigenvalue weighted by atomic mass is 9.84. The number of hydrogen-bond donors (Lipinski definition) is 4. The van der Waals surface area contributed by atoms with Gasteiger partial charge in [-0.3, -0.25) is 19.2 Å². The number of nitrogens with one attached hydrogen (secondary N) is 3. The lowest BCUT2D eigenvalue weighted by molar-refractivity contribution is -0.144. The van der Waals surface area contributed by atoms with Crippen LogP contribution in [0.5, 0.6) is 0 Å². The largest absolute Gasteiger partial charge is 0.363 e. The lowest BCUT2D eigenvalue weighted by Gasteiger charge is -2.37. The molecule has 0 spiro atoms. The summed E-state index contributed by atoms with van der Waals surface area (Å²) in [4.78, 5) is 67.3. The van der Waals surface area contributed by atoms with Gasteiger partial charge in [-0.25, -0.2) is 13.2 Å². The van der Waals surface area contributed by atoms with E-state index >= 15 is 0 Å². The van der Waals surface area contributed by atoms with Gasteiger partial charge in [0.1, 0.15) is 16.3 Å². The number of carbonyl (C=O) groups is 5. The molecule has 1 aromatic rings. The molecular weight excluding hydrogens is 657 g/mol. The molecule has 48 heavy (non-hydrogen) atoms. The van der Waals surface area contributed by atoms with Gasteiger partial charge < -0.3 is 26.6 Å². The van der Waals surface area contributed by atoms with E-state index in [1.807, 2.05) is 41.5 Å². The molecular formula is C33H56N6O7S2. The predicted octanol–water partition coefficient (Wildman–Crippen LogP) is 3.10. The normalized spacial score (nSPS) is 19.1. The summed E-state index contributed by atoms with van der Waals surface area (Å²) in [5.41, 5.74) is 4.19. The van der Waals surface area contributed by atoms with Crippen molar-refractivity contribution in [1.82, 2.24) is 25.2 Å². The number of thiophene rings is 1. The maximum Gasteiger partial charge on any atom is 0.315 e. The van der Waals surface area contributed by atoms with Crippen LogP contribution in [0.2, 0.25) is 0 Å². The van der Waals surface area contributed by atoms with E-state index < -0.39 is 69.1 Å². The Hall–Kier alpha value is -3.04. The van der Waals surface area contributed by atoms with Crippen LogP contribution in [0.3, 0.4) is 0 Å². The van der Waals surface area contributed by atoms with Crippen LogP contribution >= 0.6 is 11.3 Å². The molecule has 272 valence electrons. The average Bonchev–Trinajstić information content (AvgIpc) is 3.64. The van der Waals surface area contributed by atoms with Crippen LogP contribution in [0.25, 0.3) is 0 Å². The van der Waals surface area contributed by atoms with Crippen molar-refractivity contribution in [3.63, 3.8) is 0 Å². The summed E-state index contributed by atoms with van der Waals surface area (Å²) in [5, 5.41) is 10.1. The molecule has 0 aromatic carbocycles. The summed E-state index contributed by atoms with van der Waals surface area (Å²) in [6.45, 7) is 17.4. The number of nitrogens with two attached hydrogens (primary N) is 1. The highest BCUT2D eigenvalue weighted by atomic mass is 32.2. The second-order valence-electron chi connectivity index (χ2n) is 15.3. The van der Waals surface area contributed by atoms with E-state index in [1.165, 1.54) is 22.3 Å². The molecule has 13 nitrogen and oxygen atoms in total. The molecule has 2 rings (SSSR count). The highest BCUT2D eigenvalue weighted by Gasteiger charge is 2.47. The van der Waals surface area contributed by atoms with E-state index in [1.54, 1.807) is 32.2 Å². The third kappa shape index (κ3) is 11.0. The fourth-order valence-corrected chi connectivity index (χ4v) is 8.55. The fraction of sp³-hybridized carbons (Fsp3) is 0.727. The summed E-state index contributed by atoms with van der Waals surface area (Å²) in [6, 6.07) is -1.13. The molecule has 1 aliphatic rings. The van der Waals surface area contributed by atoms with Crippen molar-refractivity contribution in [2.45, 2.75) is 116 Å². The first kappa shape index (κ1) is 41.1. The molecule has 5 N–H and O–H groups in total. The van der Waals surface area contributed by atoms with Gasteiger partial charge >= 0.3 is 6.03 Å². The molecule has 0 bridgehead atoms. The van der Waals surface area contributed by atoms with Crippen LogP contribution in [0.1, 0.15) is 88.0 Å². The fourth-order valence-electron chi connectivity index (χ4n) is 6.13. The van der Waals surface area contributed by atoms with Crippen molar-refractivity contribution in [3.8, 4) is 0 Å². The minimum absolute atomic E-state index is 0.00639. The van der Waals surface area contributed by atoms with E-state index in [0.29, 0.717) is 19.3 Å². The first-order valence-corrected chi connectivity index (χ1v) is 18.8. The lowest BCUT2D eigenvalue weighted by Crippen LogP contribution is -2.61. The Morgan fingerprint density at radius 3 is 2.17 bits per heavy atom. The molecule has 0 saturated carbocycles. The van der Waals surface area contributed by atoms with Gasteiger partial charge in [-0.05, 0) is 53.4 Å². The Kier molecular flexibility index (Phi) is 14.2. The first-order chi connectivity index (χ1) is 22.0. The highest BCUT2D eigenvalue weighted by Crippen LogP contribution is 2.33. The standard InChI is InChI=1S/C33H56N6O7S2/c1-11-13-23(26(40)28(34)41)36-29(42)25-22(20(2)3)15-16-39(25)30(43)27(33(7,8)9)37-31(44)35-21(18-32(4,5)6)19-38(10)48(45,46)24-14-12-17-47-24/h12,14,17,20-23,25,27H,11,13,15-16,18-19H2,1-10H3,(H2,34,41)(H,36,42)(H2,35,37,44)/t21-,22?,23?,25-,27+/m0/s1. The second-order valence-corrected chi connectivity index (χ2v) is 18.6. The molecule has 2 heterocycles. The maximum absolute atomic E-state index is 14.3. The number of primary amides is 1. The van der Waals surface area contributed by atoms with E-state index in [0.717, 1.165) is 11.3 Å². The zero-order valence-electron chi connectivity index (χ0n) is 30.1. The molecule has 2 unspecified atom stereocenters. The molecule has 1 aromatic heterocycles. The van der Waals surface area contributed by atoms with E-state index in [9.17, 15) is 32.4 Å². The first-order valence-electron chi connectivity index (χ1n) is 16.5. The topological polar surface area (TPSA) is 188 Å². The van der Waals surface area contributed by atoms with Crippen molar-refractivity contribution >= 4 is 50.9 Å². The summed E-state index contributed by atoms with van der Waals surface area (Å²) < 4.78 is 27.7. The van der Waals surface area contributed by atoms with Crippen LogP contribution in [0, 0.1) is 22.7 Å². The number of sulfonamides is 1. The predicted molar refractivity (Wildman–Crippen MR) is 186 cm³/mol. The van der Waals surface area contributed by atoms with Crippen molar-refractivity contribution in [2.24, 2.45) is 28.4 Å². The van der Waals surface area contributed by atoms with Crippen molar-refractivity contribution in [3.05, 3.63) is 17.5 Å². The molecule has 5 amide bonds. The zero-order valence-corrected chi connectivity index (χ0v) is 31.7. The molecule has 0 aliphatic carbocycles. The Balaban J connectivity index is 2.34. The number of amides is 5. The molecule has 1 saturated heterocycles. The Bertz CT molecular complexity index is 1400. The van der Waals surface area contributed by atoms with Gasteiger partial charge in [0, 0.05) is 26.2 Å². The Morgan fingerprint density at radius 1 is 1.06 bits per heavy atom. The Morgan fingerprint density at radius 2 is 1.69 bits per heavy atom. The minimum Gasteiger partial charge on any atom is -0.363 e. The van der Waals surface area contributed by atoms with Crippen LogP contribution < -0.4 is 21.7 Å². The summed E-state index contributed by atoms with van der Waals surface area (Å²) in [5.74, 6) is -3.27. The van der Waals surface area contributed by atoms with Gasteiger partial charge in [0.05, 0.1) is 6.04 Å². The van der Waals surface area contributed by atoms with E-state index in [2.05, 4.69) is 16.0 Å². The van der Waals surface area contributed by atoms with Crippen molar-refractivity contribution < 1.29 is 32.4 Å². The van der Waals surface area contributed by atoms with Crippen molar-refractivity contribution in [1.29, 1.82) is 0 Å². The number of Topliss-reactive ketones (excluding diaryl/α,β-unsaturated/α-hetero) is 1. The number of nitrogens with zero attached hydrogens (tertiary/aromatic N) is 2. The van der Waals surface area contributed by atoms with Gasteiger partial charge in [0.25, 0.3) is 15.9 Å². The molecule has 1 aliphatic heterocycles. The third-order valence-electron chi connectivity index (χ3n) is 8.53. The molecule has 5 atom stereocenters. The van der Waals surface area contributed by atoms with Crippen LogP contribution in [0.15, 0.2) is 21.7 Å². The van der Waals surface area contributed by atoms with E-state index in [4.69, 9.17) is 5.73 Å². The zero-order chi connectivity index (χ0) is 36.8. The molecule has 0 radical (unpaired) electrons. The van der Waals surface area contributed by atoms with Crippen LogP contribution in [-0.4, -0.2) is 91.5 Å². The SMILES string of the molecule is CCCC(NC(=O)[C@@H]1C(C(C)C)CCN1C(=O)[C@@H](NC(=O)N[C@H](CN(C)S(=O)(=O)c1cccs1)CC(C)(C)C)C(C)(C)C)C(=O)C(N)=O. The van der Waals surface area contributed by atoms with Crippen LogP contribution in [-0.2, 0) is 29.2 Å². The minimum atomic E-state index is -3.77. The number of urea groups is 1. The van der Waals surface area contributed by atoms with Gasteiger partial charge in [-0.1, -0.05) is 74.8 Å². The monoisotopic (exact) mass is 712 g/mol. The average molecular weight is 713 g/mol. The van der Waals surface area contributed by atoms with Gasteiger partial charge in [-0.15, -0.1) is 11.3 Å². The summed E-state index contributed by atoms with van der Waals surface area (Å²) in [7, 11) is -2.30. The van der Waals surface area contributed by atoms with Gasteiger partial charge in [0.2, 0.25) is 17.6 Å². The molecule has 1 fully saturated rings. The van der Waals surface area contributed by atoms with Gasteiger partial charge in [-0.2, -0.15) is 4.31 Å². The van der Waals surface area contributed by atoms with Crippen LogP contribution in [0.4, 0.5) is 4.79 Å². The maximum atomic E-state index is 14.3. The number of hydrogen-bond acceptors (Lipinski definition) is 8. The number of rotatable bonds is 15. The molecule has 15 heteroatoms. The van der Waals surface area contributed by atoms with E-state index in [-0.39, 0.29) is 41.0 Å². The highest BCUT2D eigenvalue weighted by molar-refractivity contribution is 7.91. The van der Waals surface area contributed by atoms with Crippen molar-refractivity contribution in [2.75, 3.05) is 20.1 Å². The smallest absolute Gasteiger partial charge is 0.315 e. The number of ketones is 1. The Labute approximate surface area is 290 Å². The second kappa shape index (κ2) is 16.6. The third-order valence-corrected chi connectivity index (χ3v) is 11.7.